The van der Waals surface area contributed by atoms with Crippen molar-refractivity contribution in [2.45, 2.75) is 12.8 Å². The number of ether oxygens (including phenoxy) is 1. The number of nitrogens with zero attached hydrogens (tertiary/aromatic N) is 1. The van der Waals surface area contributed by atoms with Gasteiger partial charge in [0.05, 0.1) is 0 Å². The molecule has 0 aromatic rings. The third-order valence-corrected chi connectivity index (χ3v) is 3.33. The van der Waals surface area contributed by atoms with E-state index >= 15 is 0 Å². The molecule has 1 atom stereocenters. The second-order valence-corrected chi connectivity index (χ2v) is 4.10. The van der Waals surface area contributed by atoms with Crippen LogP contribution in [0.4, 0.5) is 0 Å². The van der Waals surface area contributed by atoms with Crippen molar-refractivity contribution in [3.8, 4) is 0 Å². The molecule has 2 nitrogen and oxygen atoms in total. The quantitative estimate of drug-likeness (QED) is 0.532. The molecule has 3 heteroatoms. The van der Waals surface area contributed by atoms with E-state index in [-0.39, 0.29) is 0 Å². The maximum absolute atomic E-state index is 5.02. The largest absolute Gasteiger partial charge is 0.385 e. The first-order valence-corrected chi connectivity index (χ1v) is 5.76. The molecular weight excluding hydrogens is 218 g/mol. The number of methoxy groups -OCH3 is 1. The van der Waals surface area contributed by atoms with E-state index in [1.54, 1.807) is 7.11 Å². The van der Waals surface area contributed by atoms with Gasteiger partial charge >= 0.3 is 0 Å². The molecule has 72 valence electrons. The lowest BCUT2D eigenvalue weighted by Gasteiger charge is -2.14. The van der Waals surface area contributed by atoms with Gasteiger partial charge in [0, 0.05) is 32.1 Å². The Hall–Kier alpha value is 0.400. The Labute approximate surface area is 83.4 Å². The van der Waals surface area contributed by atoms with Gasteiger partial charge in [0.15, 0.2) is 0 Å². The Morgan fingerprint density at radius 2 is 2.42 bits per heavy atom. The highest BCUT2D eigenvalue weighted by atomic mass is 79.9. The molecule has 12 heavy (non-hydrogen) atoms. The summed E-state index contributed by atoms with van der Waals surface area (Å²) in [7, 11) is 1.77. The van der Waals surface area contributed by atoms with Crippen molar-refractivity contribution in [1.82, 2.24) is 4.90 Å². The zero-order chi connectivity index (χ0) is 8.81. The Morgan fingerprint density at radius 3 is 3.00 bits per heavy atom. The minimum absolute atomic E-state index is 0.882. The van der Waals surface area contributed by atoms with Crippen LogP contribution in [-0.2, 0) is 4.74 Å². The standard InChI is InChI=1S/C9H18BrNO/c1-12-6-2-4-11-5-3-9(7-10)8-11/h9H,2-8H2,1H3. The fourth-order valence-corrected chi connectivity index (χ4v) is 2.20. The molecule has 1 saturated heterocycles. The van der Waals surface area contributed by atoms with E-state index in [0.717, 1.165) is 17.9 Å². The van der Waals surface area contributed by atoms with E-state index in [1.807, 2.05) is 0 Å². The predicted octanol–water partition coefficient (Wildman–Crippen LogP) is 1.74. The molecule has 0 radical (unpaired) electrons. The topological polar surface area (TPSA) is 12.5 Å². The predicted molar refractivity (Wildman–Crippen MR) is 54.8 cm³/mol. The van der Waals surface area contributed by atoms with E-state index in [2.05, 4.69) is 20.8 Å². The second kappa shape index (κ2) is 5.95. The van der Waals surface area contributed by atoms with Crippen molar-refractivity contribution in [3.05, 3.63) is 0 Å². The molecule has 0 amide bonds. The fraction of sp³-hybridized carbons (Fsp3) is 1.00. The monoisotopic (exact) mass is 235 g/mol. The van der Waals surface area contributed by atoms with Gasteiger partial charge in [-0.3, -0.25) is 0 Å². The van der Waals surface area contributed by atoms with Crippen LogP contribution in [0.5, 0.6) is 0 Å². The van der Waals surface area contributed by atoms with E-state index in [9.17, 15) is 0 Å². The van der Waals surface area contributed by atoms with Crippen molar-refractivity contribution >= 4 is 15.9 Å². The summed E-state index contributed by atoms with van der Waals surface area (Å²) in [6.07, 6.45) is 2.53. The Morgan fingerprint density at radius 1 is 1.58 bits per heavy atom. The fourth-order valence-electron chi connectivity index (χ4n) is 1.67. The molecular formula is C9H18BrNO. The van der Waals surface area contributed by atoms with Crippen LogP contribution < -0.4 is 0 Å². The summed E-state index contributed by atoms with van der Waals surface area (Å²) >= 11 is 3.53. The van der Waals surface area contributed by atoms with E-state index in [1.165, 1.54) is 32.5 Å². The average molecular weight is 236 g/mol. The lowest BCUT2D eigenvalue weighted by Crippen LogP contribution is -2.23. The van der Waals surface area contributed by atoms with Crippen molar-refractivity contribution < 1.29 is 4.74 Å². The highest BCUT2D eigenvalue weighted by Gasteiger charge is 2.20. The minimum atomic E-state index is 0.882. The highest BCUT2D eigenvalue weighted by Crippen LogP contribution is 2.17. The van der Waals surface area contributed by atoms with E-state index in [4.69, 9.17) is 4.74 Å². The average Bonchev–Trinajstić information content (AvgIpc) is 2.53. The second-order valence-electron chi connectivity index (χ2n) is 3.46. The van der Waals surface area contributed by atoms with Crippen LogP contribution in [0.3, 0.4) is 0 Å². The molecule has 1 rings (SSSR count). The summed E-state index contributed by atoms with van der Waals surface area (Å²) in [5.41, 5.74) is 0. The van der Waals surface area contributed by atoms with Crippen LogP contribution >= 0.6 is 15.9 Å². The summed E-state index contributed by atoms with van der Waals surface area (Å²) in [4.78, 5) is 2.53. The van der Waals surface area contributed by atoms with Crippen LogP contribution in [0.15, 0.2) is 0 Å². The van der Waals surface area contributed by atoms with Gasteiger partial charge in [-0.05, 0) is 25.3 Å². The Bertz CT molecular complexity index is 121. The van der Waals surface area contributed by atoms with Gasteiger partial charge in [0.2, 0.25) is 0 Å². The molecule has 0 saturated carbocycles. The third-order valence-electron chi connectivity index (χ3n) is 2.41. The molecule has 1 fully saturated rings. The van der Waals surface area contributed by atoms with Crippen LogP contribution in [0.2, 0.25) is 0 Å². The van der Waals surface area contributed by atoms with Crippen LogP contribution in [-0.4, -0.2) is 43.6 Å². The lowest BCUT2D eigenvalue weighted by molar-refractivity contribution is 0.178. The molecule has 1 aliphatic heterocycles. The van der Waals surface area contributed by atoms with Crippen LogP contribution in [0, 0.1) is 5.92 Å². The highest BCUT2D eigenvalue weighted by molar-refractivity contribution is 9.09. The number of hydrogen-bond acceptors (Lipinski definition) is 2. The maximum Gasteiger partial charge on any atom is 0.0474 e. The number of hydrogen-bond donors (Lipinski definition) is 0. The Balaban J connectivity index is 2.03. The number of likely N-dealkylation sites (tertiary alicyclic amines) is 1. The molecule has 0 aliphatic carbocycles. The Kier molecular flexibility index (Phi) is 5.19. The van der Waals surface area contributed by atoms with Gasteiger partial charge in [-0.2, -0.15) is 0 Å². The van der Waals surface area contributed by atoms with Crippen molar-refractivity contribution in [3.63, 3.8) is 0 Å². The van der Waals surface area contributed by atoms with Gasteiger partial charge in [-0.1, -0.05) is 15.9 Å². The van der Waals surface area contributed by atoms with Gasteiger partial charge in [0.1, 0.15) is 0 Å². The van der Waals surface area contributed by atoms with Crippen LogP contribution in [0.25, 0.3) is 0 Å². The first-order valence-electron chi connectivity index (χ1n) is 4.64. The zero-order valence-electron chi connectivity index (χ0n) is 7.76. The van der Waals surface area contributed by atoms with Crippen molar-refractivity contribution in [2.24, 2.45) is 5.92 Å². The number of alkyl halides is 1. The molecule has 0 spiro atoms. The number of halogens is 1. The van der Waals surface area contributed by atoms with Crippen molar-refractivity contribution in [1.29, 1.82) is 0 Å². The lowest BCUT2D eigenvalue weighted by atomic mass is 10.2. The molecule has 1 aliphatic rings. The smallest absolute Gasteiger partial charge is 0.0474 e. The summed E-state index contributed by atoms with van der Waals surface area (Å²) < 4.78 is 5.02. The SMILES string of the molecule is COCCCN1CCC(CBr)C1. The number of rotatable bonds is 5. The van der Waals surface area contributed by atoms with Gasteiger partial charge in [0.25, 0.3) is 0 Å². The van der Waals surface area contributed by atoms with Gasteiger partial charge in [-0.25, -0.2) is 0 Å². The molecule has 0 aromatic carbocycles. The van der Waals surface area contributed by atoms with Crippen molar-refractivity contribution in [2.75, 3.05) is 38.7 Å². The zero-order valence-corrected chi connectivity index (χ0v) is 9.35. The van der Waals surface area contributed by atoms with E-state index in [0.29, 0.717) is 0 Å². The molecule has 0 aromatic heterocycles. The summed E-state index contributed by atoms with van der Waals surface area (Å²) in [5, 5.41) is 1.16. The summed E-state index contributed by atoms with van der Waals surface area (Å²) in [6.45, 7) is 4.65. The minimum Gasteiger partial charge on any atom is -0.385 e. The third kappa shape index (κ3) is 3.42. The molecule has 0 N–H and O–H groups in total. The van der Waals surface area contributed by atoms with Gasteiger partial charge < -0.3 is 9.64 Å². The first-order chi connectivity index (χ1) is 5.86. The van der Waals surface area contributed by atoms with Gasteiger partial charge in [-0.15, -0.1) is 0 Å². The van der Waals surface area contributed by atoms with E-state index < -0.39 is 0 Å². The summed E-state index contributed by atoms with van der Waals surface area (Å²) in [6, 6.07) is 0. The molecule has 0 bridgehead atoms. The molecule has 1 unspecified atom stereocenters. The first kappa shape index (κ1) is 10.5. The summed E-state index contributed by atoms with van der Waals surface area (Å²) in [5.74, 6) is 0.882. The molecule has 1 heterocycles. The normalized spacial score (nSPS) is 25.0. The van der Waals surface area contributed by atoms with Crippen LogP contribution in [0.1, 0.15) is 12.8 Å². The maximum atomic E-state index is 5.02.